The summed E-state index contributed by atoms with van der Waals surface area (Å²) in [4.78, 5) is 12.1. The van der Waals surface area contributed by atoms with E-state index in [0.717, 1.165) is 17.5 Å². The Morgan fingerprint density at radius 3 is 2.53 bits per heavy atom. The molecule has 3 N–H and O–H groups in total. The van der Waals surface area contributed by atoms with Gasteiger partial charge < -0.3 is 11.1 Å². The largest absolute Gasteiger partial charge is 0.390 e. The van der Waals surface area contributed by atoms with E-state index in [2.05, 4.69) is 24.4 Å². The van der Waals surface area contributed by atoms with Crippen molar-refractivity contribution < 1.29 is 4.79 Å². The highest BCUT2D eigenvalue weighted by Gasteiger charge is 2.17. The van der Waals surface area contributed by atoms with Gasteiger partial charge in [0.05, 0.1) is 10.6 Å². The van der Waals surface area contributed by atoms with E-state index < -0.39 is 0 Å². The molecule has 0 saturated carbocycles. The first kappa shape index (κ1) is 13.6. The number of nitrogens with one attached hydrogen (secondary N) is 1. The van der Waals surface area contributed by atoms with Gasteiger partial charge in [-0.3, -0.25) is 4.79 Å². The summed E-state index contributed by atoms with van der Waals surface area (Å²) in [5, 5.41) is 5.32. The summed E-state index contributed by atoms with van der Waals surface area (Å²) in [5.41, 5.74) is 9.75. The van der Waals surface area contributed by atoms with Crippen molar-refractivity contribution in [2.24, 2.45) is 0 Å². The zero-order valence-electron chi connectivity index (χ0n) is 11.2. The number of carbonyl (C=O) groups excluding carboxylic acids is 1. The molecule has 19 heavy (non-hydrogen) atoms. The second-order valence-corrected chi connectivity index (χ2v) is 5.21. The first-order valence-electron chi connectivity index (χ1n) is 6.41. The molecular weight excluding hydrogens is 256 g/mol. The molecule has 1 amide bonds. The lowest BCUT2D eigenvalue weighted by atomic mass is 10.0. The van der Waals surface area contributed by atoms with Gasteiger partial charge in [0.25, 0.3) is 5.91 Å². The molecule has 0 radical (unpaired) electrons. The third-order valence-electron chi connectivity index (χ3n) is 3.06. The Morgan fingerprint density at radius 1 is 1.26 bits per heavy atom. The van der Waals surface area contributed by atoms with Gasteiger partial charge in [0.15, 0.2) is 0 Å². The van der Waals surface area contributed by atoms with Gasteiger partial charge in [0.1, 0.15) is 0 Å². The van der Waals surface area contributed by atoms with Crippen molar-refractivity contribution in [3.8, 4) is 11.1 Å². The molecule has 100 valence electrons. The molecule has 1 aromatic heterocycles. The van der Waals surface area contributed by atoms with Crippen LogP contribution in [0.3, 0.4) is 0 Å². The van der Waals surface area contributed by atoms with Crippen LogP contribution in [0.4, 0.5) is 5.00 Å². The Hall–Kier alpha value is -1.81. The fraction of sp³-hybridized carbons (Fsp3) is 0.267. The van der Waals surface area contributed by atoms with Crippen LogP contribution in [0.5, 0.6) is 0 Å². The third kappa shape index (κ3) is 2.79. The van der Waals surface area contributed by atoms with Gasteiger partial charge in [-0.2, -0.15) is 0 Å². The molecule has 0 unspecified atom stereocenters. The zero-order valence-corrected chi connectivity index (χ0v) is 12.0. The Bertz CT molecular complexity index is 572. The van der Waals surface area contributed by atoms with Crippen LogP contribution in [0.15, 0.2) is 29.6 Å². The summed E-state index contributed by atoms with van der Waals surface area (Å²) in [6.07, 6.45) is 1.01. The average molecular weight is 274 g/mol. The smallest absolute Gasteiger partial charge is 0.254 e. The van der Waals surface area contributed by atoms with E-state index in [4.69, 9.17) is 5.73 Å². The van der Waals surface area contributed by atoms with E-state index >= 15 is 0 Å². The van der Waals surface area contributed by atoms with Gasteiger partial charge in [0, 0.05) is 17.5 Å². The minimum atomic E-state index is -0.101. The summed E-state index contributed by atoms with van der Waals surface area (Å²) < 4.78 is 0. The molecule has 3 nitrogen and oxygen atoms in total. The minimum Gasteiger partial charge on any atom is -0.390 e. The van der Waals surface area contributed by atoms with Crippen molar-refractivity contribution in [2.45, 2.75) is 20.3 Å². The van der Waals surface area contributed by atoms with E-state index in [0.29, 0.717) is 17.1 Å². The number of rotatable bonds is 4. The van der Waals surface area contributed by atoms with Crippen LogP contribution in [0.25, 0.3) is 11.1 Å². The highest BCUT2D eigenvalue weighted by molar-refractivity contribution is 7.15. The molecule has 1 heterocycles. The quantitative estimate of drug-likeness (QED) is 0.898. The molecule has 0 bridgehead atoms. The molecule has 2 rings (SSSR count). The summed E-state index contributed by atoms with van der Waals surface area (Å²) in [5.74, 6) is -0.101. The van der Waals surface area contributed by atoms with Crippen LogP contribution in [0, 0.1) is 0 Å². The highest BCUT2D eigenvalue weighted by Crippen LogP contribution is 2.33. The second kappa shape index (κ2) is 5.89. The number of hydrogen-bond acceptors (Lipinski definition) is 3. The van der Waals surface area contributed by atoms with Crippen molar-refractivity contribution in [3.63, 3.8) is 0 Å². The molecule has 0 saturated heterocycles. The normalized spacial score (nSPS) is 10.4. The van der Waals surface area contributed by atoms with Gasteiger partial charge in [-0.25, -0.2) is 0 Å². The van der Waals surface area contributed by atoms with Gasteiger partial charge in [-0.15, -0.1) is 11.3 Å². The molecule has 0 aliphatic heterocycles. The first-order chi connectivity index (χ1) is 9.17. The number of carbonyl (C=O) groups is 1. The highest BCUT2D eigenvalue weighted by atomic mass is 32.1. The van der Waals surface area contributed by atoms with Crippen molar-refractivity contribution in [2.75, 3.05) is 12.3 Å². The Kier molecular flexibility index (Phi) is 4.22. The minimum absolute atomic E-state index is 0.101. The van der Waals surface area contributed by atoms with Gasteiger partial charge >= 0.3 is 0 Å². The third-order valence-corrected chi connectivity index (χ3v) is 3.87. The number of nitrogens with two attached hydrogens (primary N) is 1. The predicted octanol–water partition coefficient (Wildman–Crippen LogP) is 3.31. The number of thiophene rings is 1. The SMILES string of the molecule is CCNC(=O)c1c(-c2ccc(CC)cc2)csc1N. The number of hydrogen-bond donors (Lipinski definition) is 2. The zero-order chi connectivity index (χ0) is 13.8. The topological polar surface area (TPSA) is 55.1 Å². The molecule has 0 atom stereocenters. The van der Waals surface area contributed by atoms with Crippen LogP contribution in [0.1, 0.15) is 29.8 Å². The first-order valence-corrected chi connectivity index (χ1v) is 7.29. The molecular formula is C15H18N2OS. The van der Waals surface area contributed by atoms with E-state index in [1.54, 1.807) is 0 Å². The molecule has 0 fully saturated rings. The second-order valence-electron chi connectivity index (χ2n) is 4.30. The Labute approximate surface area is 117 Å². The van der Waals surface area contributed by atoms with Crippen molar-refractivity contribution in [3.05, 3.63) is 40.8 Å². The fourth-order valence-electron chi connectivity index (χ4n) is 1.99. The van der Waals surface area contributed by atoms with E-state index in [-0.39, 0.29) is 5.91 Å². The maximum atomic E-state index is 12.1. The molecule has 2 aromatic rings. The number of benzene rings is 1. The van der Waals surface area contributed by atoms with Gasteiger partial charge in [-0.05, 0) is 24.5 Å². The van der Waals surface area contributed by atoms with Crippen LogP contribution < -0.4 is 11.1 Å². The summed E-state index contributed by atoms with van der Waals surface area (Å²) in [6.45, 7) is 4.62. The van der Waals surface area contributed by atoms with Crippen LogP contribution in [0.2, 0.25) is 0 Å². The van der Waals surface area contributed by atoms with Crippen LogP contribution in [-0.4, -0.2) is 12.5 Å². The van der Waals surface area contributed by atoms with E-state index in [1.165, 1.54) is 16.9 Å². The lowest BCUT2D eigenvalue weighted by molar-refractivity contribution is 0.0957. The molecule has 0 aliphatic carbocycles. The van der Waals surface area contributed by atoms with E-state index in [1.807, 2.05) is 24.4 Å². The number of aryl methyl sites for hydroxylation is 1. The number of anilines is 1. The Balaban J connectivity index is 2.41. The Morgan fingerprint density at radius 2 is 1.95 bits per heavy atom. The van der Waals surface area contributed by atoms with Gasteiger partial charge in [-0.1, -0.05) is 31.2 Å². The average Bonchev–Trinajstić information content (AvgIpc) is 2.81. The maximum absolute atomic E-state index is 12.1. The monoisotopic (exact) mass is 274 g/mol. The summed E-state index contributed by atoms with van der Waals surface area (Å²) in [7, 11) is 0. The van der Waals surface area contributed by atoms with Crippen molar-refractivity contribution in [1.29, 1.82) is 0 Å². The lowest BCUT2D eigenvalue weighted by Gasteiger charge is -2.06. The molecule has 1 aromatic carbocycles. The summed E-state index contributed by atoms with van der Waals surface area (Å²) >= 11 is 1.41. The van der Waals surface area contributed by atoms with Crippen molar-refractivity contribution in [1.82, 2.24) is 5.32 Å². The number of nitrogen functional groups attached to an aromatic ring is 1. The standard InChI is InChI=1S/C15H18N2OS/c1-3-10-5-7-11(8-6-10)12-9-19-14(16)13(12)15(18)17-4-2/h5-9H,3-4,16H2,1-2H3,(H,17,18). The maximum Gasteiger partial charge on any atom is 0.254 e. The molecule has 4 heteroatoms. The lowest BCUT2D eigenvalue weighted by Crippen LogP contribution is -2.23. The number of amides is 1. The van der Waals surface area contributed by atoms with E-state index in [9.17, 15) is 4.79 Å². The van der Waals surface area contributed by atoms with Crippen molar-refractivity contribution >= 4 is 22.2 Å². The molecule has 0 spiro atoms. The molecule has 0 aliphatic rings. The van der Waals surface area contributed by atoms with Crippen LogP contribution >= 0.6 is 11.3 Å². The fourth-order valence-corrected chi connectivity index (χ4v) is 2.81. The predicted molar refractivity (Wildman–Crippen MR) is 81.6 cm³/mol. The summed E-state index contributed by atoms with van der Waals surface area (Å²) in [6, 6.07) is 8.27. The van der Waals surface area contributed by atoms with Gasteiger partial charge in [0.2, 0.25) is 0 Å². The van der Waals surface area contributed by atoms with Crippen LogP contribution in [-0.2, 0) is 6.42 Å².